The first-order valence-electron chi connectivity index (χ1n) is 18.4. The number of carbonyl (C=O) groups excluding carboxylic acids is 2. The van der Waals surface area contributed by atoms with Gasteiger partial charge in [-0.15, -0.1) is 0 Å². The average molecular weight is 707 g/mol. The quantitative estimate of drug-likeness (QED) is 0.206. The van der Waals surface area contributed by atoms with Crippen LogP contribution in [0.25, 0.3) is 0 Å². The van der Waals surface area contributed by atoms with Gasteiger partial charge in [-0.05, 0) is 44.6 Å². The van der Waals surface area contributed by atoms with E-state index in [1.165, 1.54) is 14.2 Å². The van der Waals surface area contributed by atoms with Gasteiger partial charge >= 0.3 is 11.9 Å². The van der Waals surface area contributed by atoms with Crippen molar-refractivity contribution in [3.63, 3.8) is 0 Å². The molecule has 2 heterocycles. The summed E-state index contributed by atoms with van der Waals surface area (Å²) >= 11 is 0. The first kappa shape index (κ1) is 43.7. The van der Waals surface area contributed by atoms with Crippen LogP contribution in [0, 0.1) is 35.5 Å². The Balaban J connectivity index is 2.53. The second-order valence-electron chi connectivity index (χ2n) is 15.1. The van der Waals surface area contributed by atoms with E-state index in [1.807, 2.05) is 73.6 Å². The van der Waals surface area contributed by atoms with E-state index in [4.69, 9.17) is 23.7 Å². The summed E-state index contributed by atoms with van der Waals surface area (Å²) < 4.78 is 29.7. The van der Waals surface area contributed by atoms with Crippen molar-refractivity contribution in [2.45, 2.75) is 144 Å². The number of cyclic esters (lactones) is 1. The summed E-state index contributed by atoms with van der Waals surface area (Å²) in [7, 11) is 2.88. The van der Waals surface area contributed by atoms with Gasteiger partial charge in [0.05, 0.1) is 25.4 Å². The minimum absolute atomic E-state index is 0.00463. The van der Waals surface area contributed by atoms with Gasteiger partial charge in [0.1, 0.15) is 18.3 Å². The van der Waals surface area contributed by atoms with Crippen LogP contribution in [0.4, 0.5) is 0 Å². The van der Waals surface area contributed by atoms with Gasteiger partial charge in [0.2, 0.25) is 5.76 Å². The van der Waals surface area contributed by atoms with Gasteiger partial charge in [-0.1, -0.05) is 97.3 Å². The first-order chi connectivity index (χ1) is 23.4. The molecule has 10 heteroatoms. The van der Waals surface area contributed by atoms with Crippen molar-refractivity contribution in [1.82, 2.24) is 0 Å². The van der Waals surface area contributed by atoms with Crippen molar-refractivity contribution in [3.05, 3.63) is 47.3 Å². The lowest BCUT2D eigenvalue weighted by Crippen LogP contribution is -2.59. The van der Waals surface area contributed by atoms with E-state index >= 15 is 0 Å². The van der Waals surface area contributed by atoms with Crippen LogP contribution in [0.3, 0.4) is 0 Å². The Hall–Kier alpha value is -2.50. The van der Waals surface area contributed by atoms with Crippen molar-refractivity contribution < 1.29 is 48.6 Å². The first-order valence-corrected chi connectivity index (χ1v) is 18.4. The molecule has 286 valence electrons. The molecule has 0 aromatic rings. The Morgan fingerprint density at radius 3 is 2.34 bits per heavy atom. The number of aliphatic hydroxyl groups excluding tert-OH is 2. The number of hydrogen-bond donors (Lipinski definition) is 3. The van der Waals surface area contributed by atoms with E-state index in [-0.39, 0.29) is 41.8 Å². The van der Waals surface area contributed by atoms with Crippen LogP contribution >= 0.6 is 0 Å². The van der Waals surface area contributed by atoms with Gasteiger partial charge < -0.3 is 39.0 Å². The summed E-state index contributed by atoms with van der Waals surface area (Å²) in [4.78, 5) is 26.4. The number of rotatable bonds is 11. The number of methoxy groups -OCH3 is 2. The zero-order valence-electron chi connectivity index (χ0n) is 32.5. The molecule has 10 nitrogen and oxygen atoms in total. The lowest BCUT2D eigenvalue weighted by molar-refractivity contribution is -0.329. The average Bonchev–Trinajstić information content (AvgIpc) is 3.06. The van der Waals surface area contributed by atoms with Crippen LogP contribution in [-0.2, 0) is 33.3 Å². The summed E-state index contributed by atoms with van der Waals surface area (Å²) in [6, 6.07) is 0. The van der Waals surface area contributed by atoms with Crippen molar-refractivity contribution in [2.24, 2.45) is 35.5 Å². The van der Waals surface area contributed by atoms with Crippen molar-refractivity contribution in [1.29, 1.82) is 0 Å². The monoisotopic (exact) mass is 706 g/mol. The molecule has 0 radical (unpaired) electrons. The largest absolute Gasteiger partial charge is 0.490 e. The molecular formula is C40H66O10. The Morgan fingerprint density at radius 2 is 1.76 bits per heavy atom. The van der Waals surface area contributed by atoms with E-state index in [0.717, 1.165) is 12.0 Å². The van der Waals surface area contributed by atoms with Crippen molar-refractivity contribution in [3.8, 4) is 0 Å². The highest BCUT2D eigenvalue weighted by molar-refractivity contribution is 5.87. The van der Waals surface area contributed by atoms with E-state index in [1.54, 1.807) is 26.0 Å². The second kappa shape index (κ2) is 19.9. The Bertz CT molecular complexity index is 1220. The van der Waals surface area contributed by atoms with E-state index in [9.17, 15) is 24.9 Å². The molecule has 50 heavy (non-hydrogen) atoms. The van der Waals surface area contributed by atoms with Gasteiger partial charge in [-0.25, -0.2) is 4.79 Å². The minimum atomic E-state index is -1.84. The molecule has 0 aliphatic carbocycles. The zero-order valence-corrected chi connectivity index (χ0v) is 32.5. The summed E-state index contributed by atoms with van der Waals surface area (Å²) in [5, 5.41) is 35.0. The predicted octanol–water partition coefficient (Wildman–Crippen LogP) is 6.43. The van der Waals surface area contributed by atoms with Crippen LogP contribution in [0.5, 0.6) is 0 Å². The fourth-order valence-electron chi connectivity index (χ4n) is 7.22. The normalized spacial score (nSPS) is 37.5. The Kier molecular flexibility index (Phi) is 17.4. The SMILES string of the molecule is CCCCC(=O)O[C@@H]1C[C@](O)([C@@H](C)[C@H](O)[C@H](C)[C@H]2OC(=O)/C(OC)=C/C(C)=C/[C@@H](C)[C@@H](O)[C@@H](C)C/C(C)=C/C=C/[C@@H]2OC)O[C@H](C(C)C)[C@H]1C. The minimum Gasteiger partial charge on any atom is -0.490 e. The van der Waals surface area contributed by atoms with Gasteiger partial charge in [0.15, 0.2) is 5.79 Å². The summed E-state index contributed by atoms with van der Waals surface area (Å²) in [6.07, 6.45) is 6.81. The molecule has 2 aliphatic rings. The molecule has 0 unspecified atom stereocenters. The molecular weight excluding hydrogens is 640 g/mol. The van der Waals surface area contributed by atoms with Gasteiger partial charge in [0.25, 0.3) is 0 Å². The smallest absolute Gasteiger partial charge is 0.373 e. The van der Waals surface area contributed by atoms with E-state index < -0.39 is 60.2 Å². The van der Waals surface area contributed by atoms with E-state index in [2.05, 4.69) is 0 Å². The standard InChI is InChI=1S/C40H66O10/c1-13-14-18-34(41)48-33-22-40(45,50-37(23(2)3)28(33)8)30(10)36(43)29(9)38-31(46-11)17-15-16-24(4)19-26(6)35(42)27(7)20-25(5)21-32(47-12)39(44)49-38/h15-17,20-21,23,26-31,33,35-38,42-43,45H,13-14,18-19,22H2,1-12H3/b17-15+,24-16+,25-20+,32-21-/t26-,27+,28-,29-,30-,31-,33+,35-,36+,37+,38+,40+/m0/s1. The summed E-state index contributed by atoms with van der Waals surface area (Å²) in [5.74, 6) is -5.01. The molecule has 2 aliphatic heterocycles. The molecule has 0 spiro atoms. The highest BCUT2D eigenvalue weighted by Crippen LogP contribution is 2.42. The molecule has 0 amide bonds. The predicted molar refractivity (Wildman–Crippen MR) is 194 cm³/mol. The van der Waals surface area contributed by atoms with Crippen LogP contribution in [0.2, 0.25) is 0 Å². The van der Waals surface area contributed by atoms with E-state index in [0.29, 0.717) is 24.8 Å². The fraction of sp³-hybridized carbons (Fsp3) is 0.750. The Morgan fingerprint density at radius 1 is 1.10 bits per heavy atom. The summed E-state index contributed by atoms with van der Waals surface area (Å²) in [5.41, 5.74) is 1.77. The topological polar surface area (TPSA) is 141 Å². The summed E-state index contributed by atoms with van der Waals surface area (Å²) in [6.45, 7) is 19.1. The lowest BCUT2D eigenvalue weighted by Gasteiger charge is -2.50. The van der Waals surface area contributed by atoms with Crippen LogP contribution in [0.1, 0.15) is 101 Å². The fourth-order valence-corrected chi connectivity index (χ4v) is 7.22. The molecule has 2 rings (SSSR count). The molecule has 0 bridgehead atoms. The van der Waals surface area contributed by atoms with Gasteiger partial charge in [0, 0.05) is 43.6 Å². The highest BCUT2D eigenvalue weighted by Gasteiger charge is 2.53. The maximum Gasteiger partial charge on any atom is 0.373 e. The van der Waals surface area contributed by atoms with Crippen LogP contribution < -0.4 is 0 Å². The van der Waals surface area contributed by atoms with Gasteiger partial charge in [-0.3, -0.25) is 4.79 Å². The molecule has 1 fully saturated rings. The molecule has 3 N–H and O–H groups in total. The number of esters is 2. The molecule has 0 aromatic carbocycles. The third-order valence-electron chi connectivity index (χ3n) is 10.5. The molecule has 12 atom stereocenters. The van der Waals surface area contributed by atoms with Crippen LogP contribution in [-0.4, -0.2) is 83.9 Å². The Labute approximate surface area is 300 Å². The molecule has 0 aromatic heterocycles. The third kappa shape index (κ3) is 11.8. The maximum atomic E-state index is 13.7. The van der Waals surface area contributed by atoms with Crippen LogP contribution in [0.15, 0.2) is 47.3 Å². The maximum absolute atomic E-state index is 13.7. The highest BCUT2D eigenvalue weighted by atomic mass is 16.6. The number of aliphatic hydroxyl groups is 3. The number of carbonyl (C=O) groups is 2. The zero-order chi connectivity index (χ0) is 37.9. The van der Waals surface area contributed by atoms with Gasteiger partial charge in [-0.2, -0.15) is 0 Å². The second-order valence-corrected chi connectivity index (χ2v) is 15.1. The lowest BCUT2D eigenvalue weighted by atomic mass is 9.76. The van der Waals surface area contributed by atoms with Crippen molar-refractivity contribution in [2.75, 3.05) is 14.2 Å². The molecule has 1 saturated heterocycles. The molecule has 0 saturated carbocycles. The number of hydrogen-bond acceptors (Lipinski definition) is 10. The van der Waals surface area contributed by atoms with Crippen molar-refractivity contribution >= 4 is 11.9 Å². The number of unbranched alkanes of at least 4 members (excludes halogenated alkanes) is 1. The number of allylic oxidation sites excluding steroid dienone is 5. The number of ether oxygens (including phenoxy) is 5. The third-order valence-corrected chi connectivity index (χ3v) is 10.5.